The van der Waals surface area contributed by atoms with Crippen LogP contribution in [-0.4, -0.2) is 35.5 Å². The second kappa shape index (κ2) is 9.23. The number of nitrogens with zero attached hydrogens (tertiary/aromatic N) is 1. The molecule has 1 unspecified atom stereocenters. The lowest BCUT2D eigenvalue weighted by Crippen LogP contribution is -2.20. The van der Waals surface area contributed by atoms with E-state index in [1.807, 2.05) is 23.5 Å². The van der Waals surface area contributed by atoms with E-state index < -0.39 is 0 Å². The first-order valence-electron chi connectivity index (χ1n) is 6.30. The number of thioether (sulfide) groups is 2. The van der Waals surface area contributed by atoms with Crippen LogP contribution in [0.2, 0.25) is 0 Å². The molecule has 0 bridgehead atoms. The molecule has 1 N–H and O–H groups in total. The van der Waals surface area contributed by atoms with Crippen LogP contribution in [-0.2, 0) is 0 Å². The van der Waals surface area contributed by atoms with E-state index in [1.54, 1.807) is 0 Å². The molecule has 0 saturated heterocycles. The van der Waals surface area contributed by atoms with Crippen molar-refractivity contribution in [3.8, 4) is 0 Å². The smallest absolute Gasteiger partial charge is 0.156 e. The van der Waals surface area contributed by atoms with Crippen LogP contribution < -0.4 is 5.32 Å². The fourth-order valence-corrected chi connectivity index (χ4v) is 3.38. The third-order valence-corrected chi connectivity index (χ3v) is 4.54. The van der Waals surface area contributed by atoms with E-state index in [9.17, 15) is 0 Å². The summed E-state index contributed by atoms with van der Waals surface area (Å²) in [7, 11) is 0. The Morgan fingerprint density at radius 3 is 3.06 bits per heavy atom. The van der Waals surface area contributed by atoms with Gasteiger partial charge < -0.3 is 5.32 Å². The van der Waals surface area contributed by atoms with Crippen LogP contribution in [0.4, 0.5) is 0 Å². The molecule has 0 amide bonds. The van der Waals surface area contributed by atoms with Crippen LogP contribution >= 0.6 is 23.5 Å². The molecule has 94 valence electrons. The first-order valence-corrected chi connectivity index (χ1v) is 8.58. The van der Waals surface area contributed by atoms with E-state index >= 15 is 0 Å². The van der Waals surface area contributed by atoms with Gasteiger partial charge in [-0.2, -0.15) is 11.8 Å². The minimum absolute atomic E-state index is 0.740. The number of amidine groups is 1. The highest BCUT2D eigenvalue weighted by atomic mass is 32.2. The van der Waals surface area contributed by atoms with Gasteiger partial charge in [-0.05, 0) is 31.3 Å². The van der Waals surface area contributed by atoms with Crippen molar-refractivity contribution in [2.75, 3.05) is 25.1 Å². The van der Waals surface area contributed by atoms with Crippen molar-refractivity contribution in [3.63, 3.8) is 0 Å². The van der Waals surface area contributed by atoms with Crippen LogP contribution in [0.15, 0.2) is 4.99 Å². The molecule has 0 radical (unpaired) electrons. The van der Waals surface area contributed by atoms with Crippen molar-refractivity contribution < 1.29 is 0 Å². The average Bonchev–Trinajstić information content (AvgIpc) is 2.72. The number of rotatable bonds is 8. The molecule has 16 heavy (non-hydrogen) atoms. The largest absolute Gasteiger partial charge is 0.365 e. The highest BCUT2D eigenvalue weighted by molar-refractivity contribution is 8.14. The molecule has 1 heterocycles. The summed E-state index contributed by atoms with van der Waals surface area (Å²) in [5, 5.41) is 5.38. The molecule has 4 heteroatoms. The van der Waals surface area contributed by atoms with Crippen LogP contribution in [0.3, 0.4) is 0 Å². The van der Waals surface area contributed by atoms with Crippen LogP contribution in [0.25, 0.3) is 0 Å². The maximum atomic E-state index is 4.53. The van der Waals surface area contributed by atoms with Gasteiger partial charge in [0.15, 0.2) is 5.17 Å². The molecule has 2 nitrogen and oxygen atoms in total. The molecule has 1 aliphatic heterocycles. The Bertz CT molecular complexity index is 207. The lowest BCUT2D eigenvalue weighted by atomic mass is 10.2. The Balaban J connectivity index is 1.94. The number of hydrogen-bond donors (Lipinski definition) is 1. The summed E-state index contributed by atoms with van der Waals surface area (Å²) in [6, 6.07) is 0. The zero-order valence-corrected chi connectivity index (χ0v) is 12.1. The molecule has 0 aromatic heterocycles. The van der Waals surface area contributed by atoms with Gasteiger partial charge in [-0.3, -0.25) is 4.99 Å². The van der Waals surface area contributed by atoms with E-state index in [-0.39, 0.29) is 0 Å². The Morgan fingerprint density at radius 1 is 1.44 bits per heavy atom. The van der Waals surface area contributed by atoms with Crippen LogP contribution in [0.1, 0.15) is 39.0 Å². The molecule has 1 rings (SSSR count). The van der Waals surface area contributed by atoms with E-state index in [1.165, 1.54) is 43.0 Å². The summed E-state index contributed by atoms with van der Waals surface area (Å²) < 4.78 is 0. The summed E-state index contributed by atoms with van der Waals surface area (Å²) in [6.07, 6.45) is 8.71. The molecular weight excluding hydrogens is 236 g/mol. The molecule has 0 fully saturated rings. The first kappa shape index (κ1) is 14.2. The fraction of sp³-hybridized carbons (Fsp3) is 0.917. The summed E-state index contributed by atoms with van der Waals surface area (Å²) >= 11 is 3.88. The lowest BCUT2D eigenvalue weighted by molar-refractivity contribution is 0.701. The Kier molecular flexibility index (Phi) is 8.21. The van der Waals surface area contributed by atoms with Gasteiger partial charge in [0.1, 0.15) is 0 Å². The van der Waals surface area contributed by atoms with Crippen molar-refractivity contribution in [3.05, 3.63) is 0 Å². The number of hydrogen-bond acceptors (Lipinski definition) is 4. The Labute approximate surface area is 108 Å². The molecule has 1 aliphatic rings. The zero-order valence-electron chi connectivity index (χ0n) is 10.5. The van der Waals surface area contributed by atoms with Crippen molar-refractivity contribution >= 4 is 28.7 Å². The summed E-state index contributed by atoms with van der Waals surface area (Å²) in [6.45, 7) is 4.37. The fourth-order valence-electron chi connectivity index (χ4n) is 1.73. The topological polar surface area (TPSA) is 24.4 Å². The van der Waals surface area contributed by atoms with Crippen molar-refractivity contribution in [2.24, 2.45) is 4.99 Å². The zero-order chi connectivity index (χ0) is 11.6. The van der Waals surface area contributed by atoms with E-state index in [0.717, 1.165) is 18.3 Å². The highest BCUT2D eigenvalue weighted by Crippen LogP contribution is 2.23. The summed E-state index contributed by atoms with van der Waals surface area (Å²) in [5.41, 5.74) is 0. The molecule has 1 atom stereocenters. The molecular formula is C12H24N2S2. The minimum atomic E-state index is 0.740. The van der Waals surface area contributed by atoms with Gasteiger partial charge in [0.2, 0.25) is 0 Å². The molecule has 0 spiro atoms. The van der Waals surface area contributed by atoms with Gasteiger partial charge in [-0.15, -0.1) is 0 Å². The van der Waals surface area contributed by atoms with Gasteiger partial charge in [0.05, 0.1) is 6.54 Å². The van der Waals surface area contributed by atoms with Crippen LogP contribution in [0.5, 0.6) is 0 Å². The van der Waals surface area contributed by atoms with Gasteiger partial charge in [-0.1, -0.05) is 31.5 Å². The third kappa shape index (κ3) is 6.04. The predicted molar refractivity (Wildman–Crippen MR) is 78.8 cm³/mol. The quantitative estimate of drug-likeness (QED) is 0.677. The molecule has 0 aromatic carbocycles. The second-order valence-corrected chi connectivity index (χ2v) is 6.43. The van der Waals surface area contributed by atoms with E-state index in [0.29, 0.717) is 0 Å². The maximum Gasteiger partial charge on any atom is 0.156 e. The number of nitrogens with one attached hydrogen (secondary N) is 1. The molecule has 0 saturated carbocycles. The Morgan fingerprint density at radius 2 is 2.31 bits per heavy atom. The summed E-state index contributed by atoms with van der Waals surface area (Å²) in [4.78, 5) is 4.53. The van der Waals surface area contributed by atoms with Gasteiger partial charge in [0.25, 0.3) is 0 Å². The van der Waals surface area contributed by atoms with E-state index in [2.05, 4.69) is 23.5 Å². The van der Waals surface area contributed by atoms with Gasteiger partial charge in [0, 0.05) is 11.8 Å². The van der Waals surface area contributed by atoms with Gasteiger partial charge >= 0.3 is 0 Å². The van der Waals surface area contributed by atoms with Crippen LogP contribution in [0, 0.1) is 0 Å². The average molecular weight is 260 g/mol. The van der Waals surface area contributed by atoms with E-state index in [4.69, 9.17) is 0 Å². The standard InChI is InChI=1S/C12H24N2S2/c1-3-7-11-10-14-12(16-11)13-8-5-4-6-9-15-2/h11H,3-10H2,1-2H3,(H,13,14). The minimum Gasteiger partial charge on any atom is -0.365 e. The molecule has 0 aliphatic carbocycles. The molecule has 0 aromatic rings. The SMILES string of the molecule is CCCC1CN=C(NCCCCCSC)S1. The third-order valence-electron chi connectivity index (χ3n) is 2.63. The predicted octanol–water partition coefficient (Wildman–Crippen LogP) is 3.38. The first-order chi connectivity index (χ1) is 7.86. The second-order valence-electron chi connectivity index (χ2n) is 4.15. The monoisotopic (exact) mass is 260 g/mol. The van der Waals surface area contributed by atoms with Crippen molar-refractivity contribution in [2.45, 2.75) is 44.3 Å². The lowest BCUT2D eigenvalue weighted by Gasteiger charge is -2.07. The van der Waals surface area contributed by atoms with Gasteiger partial charge in [-0.25, -0.2) is 0 Å². The number of aliphatic imine (C=N–C) groups is 1. The normalized spacial score (nSPS) is 19.9. The highest BCUT2D eigenvalue weighted by Gasteiger charge is 2.17. The summed E-state index contributed by atoms with van der Waals surface area (Å²) in [5.74, 6) is 1.30. The van der Waals surface area contributed by atoms with Crippen molar-refractivity contribution in [1.29, 1.82) is 0 Å². The maximum absolute atomic E-state index is 4.53. The Hall–Kier alpha value is 0.170. The number of unbranched alkanes of at least 4 members (excludes halogenated alkanes) is 2. The van der Waals surface area contributed by atoms with Crippen molar-refractivity contribution in [1.82, 2.24) is 5.32 Å².